The Kier molecular flexibility index (Phi) is 4.67. The Bertz CT molecular complexity index is 712. The highest BCUT2D eigenvalue weighted by molar-refractivity contribution is 7.21. The largest absolute Gasteiger partial charge is 0.348 e. The van der Waals surface area contributed by atoms with Gasteiger partial charge in [-0.25, -0.2) is 0 Å². The lowest BCUT2D eigenvalue weighted by Crippen LogP contribution is -2.43. The molecule has 0 saturated heterocycles. The summed E-state index contributed by atoms with van der Waals surface area (Å²) in [5.74, 6) is 1.09. The smallest absolute Gasteiger partial charge is 0.263 e. The molecular formula is C17H19Cl2NOS. The van der Waals surface area contributed by atoms with Crippen LogP contribution in [0.25, 0.3) is 10.1 Å². The second-order valence-electron chi connectivity index (χ2n) is 6.23. The van der Waals surface area contributed by atoms with Crippen LogP contribution in [0.1, 0.15) is 42.8 Å². The lowest BCUT2D eigenvalue weighted by molar-refractivity contribution is 0.0895. The number of amides is 1. The van der Waals surface area contributed by atoms with E-state index in [0.717, 1.165) is 16.5 Å². The first kappa shape index (κ1) is 16.1. The molecule has 0 aliphatic heterocycles. The standard InChI is InChI=1S/C17H19Cl2NOS/c1-9-4-3-5-13(10(9)2)20-17(21)16-15(19)12-7-6-11(18)8-14(12)22-16/h6-10,13H,3-5H2,1-2H3,(H,20,21)/t9-,10+,13+/m1/s1. The van der Waals surface area contributed by atoms with Gasteiger partial charge in [0.2, 0.25) is 0 Å². The molecular weight excluding hydrogens is 337 g/mol. The highest BCUT2D eigenvalue weighted by atomic mass is 35.5. The third-order valence-corrected chi connectivity index (χ3v) is 6.71. The zero-order chi connectivity index (χ0) is 15.9. The Morgan fingerprint density at radius 2 is 2.05 bits per heavy atom. The van der Waals surface area contributed by atoms with E-state index in [1.807, 2.05) is 12.1 Å². The quantitative estimate of drug-likeness (QED) is 0.728. The average Bonchev–Trinajstić information content (AvgIpc) is 2.80. The summed E-state index contributed by atoms with van der Waals surface area (Å²) in [5.41, 5.74) is 0. The molecule has 1 fully saturated rings. The fraction of sp³-hybridized carbons (Fsp3) is 0.471. The molecule has 3 atom stereocenters. The monoisotopic (exact) mass is 355 g/mol. The van der Waals surface area contributed by atoms with Crippen molar-refractivity contribution in [1.82, 2.24) is 5.32 Å². The van der Waals surface area contributed by atoms with Crippen molar-refractivity contribution in [3.63, 3.8) is 0 Å². The summed E-state index contributed by atoms with van der Waals surface area (Å²) in [6.07, 6.45) is 3.47. The van der Waals surface area contributed by atoms with Crippen molar-refractivity contribution >= 4 is 50.5 Å². The molecule has 5 heteroatoms. The molecule has 3 rings (SSSR count). The Balaban J connectivity index is 1.84. The number of hydrogen-bond donors (Lipinski definition) is 1. The molecule has 1 amide bonds. The first-order chi connectivity index (χ1) is 10.5. The number of fused-ring (bicyclic) bond motifs is 1. The third kappa shape index (κ3) is 2.99. The molecule has 1 aliphatic carbocycles. The van der Waals surface area contributed by atoms with Crippen LogP contribution < -0.4 is 5.32 Å². The van der Waals surface area contributed by atoms with Crippen LogP contribution in [0.2, 0.25) is 10.0 Å². The second-order valence-corrected chi connectivity index (χ2v) is 8.10. The maximum atomic E-state index is 12.6. The molecule has 1 saturated carbocycles. The van der Waals surface area contributed by atoms with E-state index in [1.165, 1.54) is 24.2 Å². The summed E-state index contributed by atoms with van der Waals surface area (Å²) in [6.45, 7) is 4.48. The van der Waals surface area contributed by atoms with Gasteiger partial charge in [0.05, 0.1) is 5.02 Å². The van der Waals surface area contributed by atoms with Crippen molar-refractivity contribution in [3.05, 3.63) is 33.1 Å². The predicted molar refractivity (Wildman–Crippen MR) is 95.3 cm³/mol. The minimum absolute atomic E-state index is 0.0618. The fourth-order valence-corrected chi connectivity index (χ4v) is 4.90. The summed E-state index contributed by atoms with van der Waals surface area (Å²) >= 11 is 13.8. The van der Waals surface area contributed by atoms with E-state index >= 15 is 0 Å². The van der Waals surface area contributed by atoms with Crippen molar-refractivity contribution in [2.24, 2.45) is 11.8 Å². The number of carbonyl (C=O) groups is 1. The Hall–Kier alpha value is -0.770. The van der Waals surface area contributed by atoms with Gasteiger partial charge in [0.15, 0.2) is 0 Å². The molecule has 0 radical (unpaired) electrons. The Morgan fingerprint density at radius 3 is 2.82 bits per heavy atom. The minimum atomic E-state index is -0.0618. The number of nitrogens with one attached hydrogen (secondary N) is 1. The molecule has 1 aromatic heterocycles. The van der Waals surface area contributed by atoms with Crippen LogP contribution >= 0.6 is 34.5 Å². The maximum absolute atomic E-state index is 12.6. The van der Waals surface area contributed by atoms with E-state index in [9.17, 15) is 4.79 Å². The van der Waals surface area contributed by atoms with Gasteiger partial charge in [0.1, 0.15) is 4.88 Å². The van der Waals surface area contributed by atoms with Gasteiger partial charge in [0, 0.05) is 21.2 Å². The lowest BCUT2D eigenvalue weighted by atomic mass is 9.78. The molecule has 0 unspecified atom stereocenters. The van der Waals surface area contributed by atoms with Gasteiger partial charge in [-0.1, -0.05) is 56.0 Å². The van der Waals surface area contributed by atoms with Crippen molar-refractivity contribution in [3.8, 4) is 0 Å². The van der Waals surface area contributed by atoms with Gasteiger partial charge in [0.25, 0.3) is 5.91 Å². The topological polar surface area (TPSA) is 29.1 Å². The van der Waals surface area contributed by atoms with Crippen LogP contribution in [0.15, 0.2) is 18.2 Å². The van der Waals surface area contributed by atoms with E-state index in [-0.39, 0.29) is 11.9 Å². The van der Waals surface area contributed by atoms with Crippen LogP contribution in [0.3, 0.4) is 0 Å². The third-order valence-electron chi connectivity index (χ3n) is 4.82. The van der Waals surface area contributed by atoms with Gasteiger partial charge in [-0.15, -0.1) is 11.3 Å². The summed E-state index contributed by atoms with van der Waals surface area (Å²) in [6, 6.07) is 5.77. The minimum Gasteiger partial charge on any atom is -0.348 e. The summed E-state index contributed by atoms with van der Waals surface area (Å²) in [5, 5.41) is 5.27. The van der Waals surface area contributed by atoms with E-state index in [2.05, 4.69) is 19.2 Å². The van der Waals surface area contributed by atoms with Gasteiger partial charge in [-0.3, -0.25) is 4.79 Å². The molecule has 0 bridgehead atoms. The number of benzene rings is 1. The van der Waals surface area contributed by atoms with Crippen LogP contribution in [0, 0.1) is 11.8 Å². The average molecular weight is 356 g/mol. The Morgan fingerprint density at radius 1 is 1.27 bits per heavy atom. The van der Waals surface area contributed by atoms with Gasteiger partial charge in [-0.2, -0.15) is 0 Å². The van der Waals surface area contributed by atoms with Crippen LogP contribution in [-0.2, 0) is 0 Å². The normalized spacial score (nSPS) is 25.4. The highest BCUT2D eigenvalue weighted by Crippen LogP contribution is 2.37. The SMILES string of the molecule is C[C@H]1[C@H](C)CCC[C@@H]1NC(=O)c1sc2cc(Cl)ccc2c1Cl. The zero-order valence-electron chi connectivity index (χ0n) is 12.7. The zero-order valence-corrected chi connectivity index (χ0v) is 15.0. The van der Waals surface area contributed by atoms with Crippen molar-refractivity contribution < 1.29 is 4.79 Å². The van der Waals surface area contributed by atoms with E-state index in [4.69, 9.17) is 23.2 Å². The molecule has 1 N–H and O–H groups in total. The lowest BCUT2D eigenvalue weighted by Gasteiger charge is -2.34. The van der Waals surface area contributed by atoms with Crippen LogP contribution in [-0.4, -0.2) is 11.9 Å². The van der Waals surface area contributed by atoms with E-state index in [0.29, 0.717) is 26.8 Å². The van der Waals surface area contributed by atoms with Crippen LogP contribution in [0.4, 0.5) is 0 Å². The Labute approximate surface area is 144 Å². The van der Waals surface area contributed by atoms with Gasteiger partial charge in [-0.05, 0) is 30.4 Å². The number of hydrogen-bond acceptors (Lipinski definition) is 2. The first-order valence-electron chi connectivity index (χ1n) is 7.65. The maximum Gasteiger partial charge on any atom is 0.263 e. The molecule has 1 heterocycles. The van der Waals surface area contributed by atoms with Crippen molar-refractivity contribution in [2.45, 2.75) is 39.2 Å². The molecule has 0 spiro atoms. The molecule has 118 valence electrons. The number of carbonyl (C=O) groups excluding carboxylic acids is 1. The molecule has 1 aliphatic rings. The summed E-state index contributed by atoms with van der Waals surface area (Å²) < 4.78 is 0.952. The van der Waals surface area contributed by atoms with E-state index in [1.54, 1.807) is 6.07 Å². The van der Waals surface area contributed by atoms with E-state index < -0.39 is 0 Å². The number of thiophene rings is 1. The highest BCUT2D eigenvalue weighted by Gasteiger charge is 2.29. The van der Waals surface area contributed by atoms with Gasteiger partial charge < -0.3 is 5.32 Å². The molecule has 1 aromatic carbocycles. The molecule has 2 nitrogen and oxygen atoms in total. The fourth-order valence-electron chi connectivity index (χ4n) is 3.20. The predicted octanol–water partition coefficient (Wildman–Crippen LogP) is 5.76. The van der Waals surface area contributed by atoms with Gasteiger partial charge >= 0.3 is 0 Å². The van der Waals surface area contributed by atoms with Crippen LogP contribution in [0.5, 0.6) is 0 Å². The van der Waals surface area contributed by atoms with Crippen molar-refractivity contribution in [2.75, 3.05) is 0 Å². The summed E-state index contributed by atoms with van der Waals surface area (Å²) in [7, 11) is 0. The second kappa shape index (κ2) is 6.38. The first-order valence-corrected chi connectivity index (χ1v) is 9.23. The molecule has 2 aromatic rings. The van der Waals surface area contributed by atoms with Crippen molar-refractivity contribution in [1.29, 1.82) is 0 Å². The molecule has 22 heavy (non-hydrogen) atoms. The summed E-state index contributed by atoms with van der Waals surface area (Å²) in [4.78, 5) is 13.2. The number of rotatable bonds is 2. The number of halogens is 2.